The number of ether oxygens (including phenoxy) is 1. The van der Waals surface area contributed by atoms with Crippen LogP contribution in [0.4, 0.5) is 4.39 Å². The second-order valence-corrected chi connectivity index (χ2v) is 6.70. The van der Waals surface area contributed by atoms with Crippen LogP contribution in [0.5, 0.6) is 5.75 Å². The molecule has 1 heterocycles. The summed E-state index contributed by atoms with van der Waals surface area (Å²) in [6, 6.07) is 14.7. The van der Waals surface area contributed by atoms with Gasteiger partial charge in [-0.3, -0.25) is 4.79 Å². The number of amides is 1. The van der Waals surface area contributed by atoms with Gasteiger partial charge in [0.05, 0.1) is 19.6 Å². The zero-order chi connectivity index (χ0) is 20.8. The average molecular weight is 391 g/mol. The number of rotatable bonds is 7. The lowest BCUT2D eigenvalue weighted by atomic mass is 10.1. The highest BCUT2D eigenvalue weighted by Crippen LogP contribution is 2.23. The minimum atomic E-state index is -0.452. The Morgan fingerprint density at radius 2 is 2.10 bits per heavy atom. The third kappa shape index (κ3) is 4.64. The number of nitrogens with zero attached hydrogens (tertiary/aromatic N) is 3. The van der Waals surface area contributed by atoms with Gasteiger partial charge in [-0.1, -0.05) is 24.3 Å². The van der Waals surface area contributed by atoms with Gasteiger partial charge in [0.1, 0.15) is 0 Å². The molecule has 1 amide bonds. The van der Waals surface area contributed by atoms with E-state index in [4.69, 9.17) is 10.00 Å². The quantitative estimate of drug-likeness (QED) is 0.562. The number of carbonyl (C=O) groups is 1. The van der Waals surface area contributed by atoms with E-state index in [9.17, 15) is 9.18 Å². The van der Waals surface area contributed by atoms with Crippen molar-refractivity contribution in [3.05, 3.63) is 71.7 Å². The monoisotopic (exact) mass is 391 g/mol. The van der Waals surface area contributed by atoms with Gasteiger partial charge in [0, 0.05) is 48.9 Å². The number of hydrogen-bond donors (Lipinski definition) is 0. The van der Waals surface area contributed by atoms with Gasteiger partial charge in [-0.2, -0.15) is 5.26 Å². The maximum absolute atomic E-state index is 13.8. The second kappa shape index (κ2) is 9.07. The van der Waals surface area contributed by atoms with Gasteiger partial charge < -0.3 is 14.2 Å². The zero-order valence-corrected chi connectivity index (χ0v) is 16.4. The standard InChI is InChI=1S/C23H22FN3O2/c1-26(15-17-8-10-22(29-2)20(24)14-17)23(28)11-9-18-16-27(13-5-12-25)21-7-4-3-6-19(18)21/h3-4,6-11,14,16H,5,13,15H2,1-2H3. The predicted octanol–water partition coefficient (Wildman–Crippen LogP) is 4.37. The van der Waals surface area contributed by atoms with Crippen LogP contribution >= 0.6 is 0 Å². The first kappa shape index (κ1) is 20.2. The average Bonchev–Trinajstić information content (AvgIpc) is 3.08. The minimum absolute atomic E-state index is 0.176. The number of benzene rings is 2. The highest BCUT2D eigenvalue weighted by molar-refractivity contribution is 5.96. The number of methoxy groups -OCH3 is 1. The van der Waals surface area contributed by atoms with Crippen LogP contribution in [0.25, 0.3) is 17.0 Å². The fraction of sp³-hybridized carbons (Fsp3) is 0.217. The maximum Gasteiger partial charge on any atom is 0.246 e. The Morgan fingerprint density at radius 1 is 1.31 bits per heavy atom. The van der Waals surface area contributed by atoms with E-state index >= 15 is 0 Å². The van der Waals surface area contributed by atoms with Gasteiger partial charge in [0.25, 0.3) is 0 Å². The summed E-state index contributed by atoms with van der Waals surface area (Å²) >= 11 is 0. The van der Waals surface area contributed by atoms with Crippen molar-refractivity contribution in [2.75, 3.05) is 14.2 Å². The third-order valence-electron chi connectivity index (χ3n) is 4.70. The van der Waals surface area contributed by atoms with E-state index < -0.39 is 5.82 Å². The van der Waals surface area contributed by atoms with E-state index in [1.807, 2.05) is 35.0 Å². The molecule has 0 aliphatic carbocycles. The number of nitriles is 1. The topological polar surface area (TPSA) is 58.3 Å². The molecule has 0 aliphatic heterocycles. The number of para-hydroxylation sites is 1. The smallest absolute Gasteiger partial charge is 0.246 e. The molecule has 5 nitrogen and oxygen atoms in total. The molecule has 148 valence electrons. The van der Waals surface area contributed by atoms with Crippen molar-refractivity contribution >= 4 is 22.9 Å². The first-order chi connectivity index (χ1) is 14.0. The maximum atomic E-state index is 13.8. The Hall–Kier alpha value is -3.59. The van der Waals surface area contributed by atoms with Gasteiger partial charge >= 0.3 is 0 Å². The van der Waals surface area contributed by atoms with Gasteiger partial charge in [-0.15, -0.1) is 0 Å². The van der Waals surface area contributed by atoms with Crippen molar-refractivity contribution in [2.24, 2.45) is 0 Å². The van der Waals surface area contributed by atoms with Gasteiger partial charge in [-0.25, -0.2) is 4.39 Å². The van der Waals surface area contributed by atoms with Crippen LogP contribution < -0.4 is 4.74 Å². The van der Waals surface area contributed by atoms with Gasteiger partial charge in [0.2, 0.25) is 5.91 Å². The first-order valence-corrected chi connectivity index (χ1v) is 9.24. The summed E-state index contributed by atoms with van der Waals surface area (Å²) in [5.74, 6) is -0.461. The van der Waals surface area contributed by atoms with E-state index in [0.29, 0.717) is 18.5 Å². The highest BCUT2D eigenvalue weighted by atomic mass is 19.1. The number of halogens is 1. The first-order valence-electron chi connectivity index (χ1n) is 9.24. The summed E-state index contributed by atoms with van der Waals surface area (Å²) in [7, 11) is 3.08. The van der Waals surface area contributed by atoms with Gasteiger partial charge in [-0.05, 0) is 29.8 Å². The molecule has 0 bridgehead atoms. The molecular weight excluding hydrogens is 369 g/mol. The summed E-state index contributed by atoms with van der Waals surface area (Å²) in [6.45, 7) is 0.885. The van der Waals surface area contributed by atoms with Crippen LogP contribution in [0.2, 0.25) is 0 Å². The number of aromatic nitrogens is 1. The van der Waals surface area contributed by atoms with E-state index in [1.165, 1.54) is 24.2 Å². The molecule has 3 aromatic rings. The number of carbonyl (C=O) groups excluding carboxylic acids is 1. The van der Waals surface area contributed by atoms with E-state index in [1.54, 1.807) is 25.3 Å². The summed E-state index contributed by atoms with van der Waals surface area (Å²) < 4.78 is 20.8. The van der Waals surface area contributed by atoms with Crippen LogP contribution in [0.15, 0.2) is 54.7 Å². The molecule has 3 rings (SSSR count). The molecule has 6 heteroatoms. The molecule has 0 aliphatic rings. The lowest BCUT2D eigenvalue weighted by Gasteiger charge is -2.15. The third-order valence-corrected chi connectivity index (χ3v) is 4.70. The molecular formula is C23H22FN3O2. The minimum Gasteiger partial charge on any atom is -0.494 e. The summed E-state index contributed by atoms with van der Waals surface area (Å²) in [5, 5.41) is 9.88. The molecule has 0 fully saturated rings. The van der Waals surface area contributed by atoms with E-state index in [-0.39, 0.29) is 18.2 Å². The molecule has 0 radical (unpaired) electrons. The van der Waals surface area contributed by atoms with Crippen LogP contribution in [0, 0.1) is 17.1 Å². The highest BCUT2D eigenvalue weighted by Gasteiger charge is 2.10. The Morgan fingerprint density at radius 3 is 2.83 bits per heavy atom. The summed E-state index contributed by atoms with van der Waals surface area (Å²) in [4.78, 5) is 14.0. The molecule has 29 heavy (non-hydrogen) atoms. The second-order valence-electron chi connectivity index (χ2n) is 6.70. The lowest BCUT2D eigenvalue weighted by molar-refractivity contribution is -0.125. The predicted molar refractivity (Wildman–Crippen MR) is 111 cm³/mol. The SMILES string of the molecule is COc1ccc(CN(C)C(=O)C=Cc2cn(CCC#N)c3ccccc23)cc1F. The van der Waals surface area contributed by atoms with Crippen molar-refractivity contribution in [3.8, 4) is 11.8 Å². The summed E-state index contributed by atoms with van der Waals surface area (Å²) in [6.07, 6.45) is 5.65. The Balaban J connectivity index is 1.74. The van der Waals surface area contributed by atoms with Gasteiger partial charge in [0.15, 0.2) is 11.6 Å². The van der Waals surface area contributed by atoms with Crippen LogP contribution in [-0.4, -0.2) is 29.5 Å². The molecule has 1 aromatic heterocycles. The summed E-state index contributed by atoms with van der Waals surface area (Å²) in [5.41, 5.74) is 2.62. The zero-order valence-electron chi connectivity index (χ0n) is 16.4. The molecule has 0 unspecified atom stereocenters. The Bertz CT molecular complexity index is 1100. The van der Waals surface area contributed by atoms with Crippen molar-refractivity contribution < 1.29 is 13.9 Å². The molecule has 0 N–H and O–H groups in total. The van der Waals surface area contributed by atoms with Crippen molar-refractivity contribution in [1.29, 1.82) is 5.26 Å². The number of likely N-dealkylation sites (N-methyl/N-ethyl adjacent to an activating group) is 1. The number of hydrogen-bond acceptors (Lipinski definition) is 3. The number of fused-ring (bicyclic) bond motifs is 1. The number of aryl methyl sites for hydroxylation is 1. The van der Waals surface area contributed by atoms with Crippen LogP contribution in [0.1, 0.15) is 17.5 Å². The normalized spacial score (nSPS) is 11.0. The molecule has 0 saturated heterocycles. The lowest BCUT2D eigenvalue weighted by Crippen LogP contribution is -2.24. The largest absolute Gasteiger partial charge is 0.494 e. The molecule has 0 spiro atoms. The van der Waals surface area contributed by atoms with Crippen molar-refractivity contribution in [2.45, 2.75) is 19.5 Å². The molecule has 2 aromatic carbocycles. The molecule has 0 atom stereocenters. The Kier molecular flexibility index (Phi) is 6.30. The van der Waals surface area contributed by atoms with Crippen LogP contribution in [0.3, 0.4) is 0 Å². The van der Waals surface area contributed by atoms with E-state index in [0.717, 1.165) is 16.5 Å². The van der Waals surface area contributed by atoms with Crippen LogP contribution in [-0.2, 0) is 17.9 Å². The van der Waals surface area contributed by atoms with Crippen molar-refractivity contribution in [1.82, 2.24) is 9.47 Å². The Labute approximate surface area is 169 Å². The fourth-order valence-electron chi connectivity index (χ4n) is 3.21. The van der Waals surface area contributed by atoms with Crippen molar-refractivity contribution in [3.63, 3.8) is 0 Å². The fourth-order valence-corrected chi connectivity index (χ4v) is 3.21. The molecule has 0 saturated carbocycles. The van der Waals surface area contributed by atoms with E-state index in [2.05, 4.69) is 6.07 Å².